The van der Waals surface area contributed by atoms with Crippen molar-refractivity contribution in [2.75, 3.05) is 51.9 Å². The van der Waals surface area contributed by atoms with E-state index in [1.165, 1.54) is 16.9 Å². The average molecular weight is 614 g/mol. The number of hydrogen-bond acceptors (Lipinski definition) is 8. The molecular weight excluding hydrogens is 572 g/mol. The number of aromatic nitrogens is 1. The first-order valence-corrected chi connectivity index (χ1v) is 16.9. The number of carbonyl (C=O) groups excluding carboxylic acids is 2. The first kappa shape index (κ1) is 33.3. The van der Waals surface area contributed by atoms with Crippen LogP contribution in [0, 0.1) is 0 Å². The number of methoxy groups -OCH3 is 1. The molecule has 1 heterocycles. The fraction of sp³-hybridized carbons (Fsp3) is 0.406. The number of amides is 1. The van der Waals surface area contributed by atoms with Crippen LogP contribution in [0.1, 0.15) is 50.9 Å². The number of carbonyl (C=O) groups is 2. The van der Waals surface area contributed by atoms with Crippen molar-refractivity contribution in [3.05, 3.63) is 87.9 Å². The molecular formula is C32H41N2O6S2+. The Labute approximate surface area is 256 Å². The van der Waals surface area contributed by atoms with Gasteiger partial charge in [0.25, 0.3) is 5.91 Å². The van der Waals surface area contributed by atoms with Gasteiger partial charge in [-0.3, -0.25) is 4.79 Å². The molecule has 1 aromatic heterocycles. The fourth-order valence-electron chi connectivity index (χ4n) is 4.13. The number of esters is 1. The van der Waals surface area contributed by atoms with Crippen LogP contribution in [0.3, 0.4) is 0 Å². The third-order valence-electron chi connectivity index (χ3n) is 6.32. The van der Waals surface area contributed by atoms with E-state index in [1.54, 1.807) is 25.0 Å². The molecule has 0 radical (unpaired) electrons. The predicted molar refractivity (Wildman–Crippen MR) is 170 cm³/mol. The second-order valence-electron chi connectivity index (χ2n) is 9.63. The van der Waals surface area contributed by atoms with Crippen LogP contribution in [-0.2, 0) is 42.9 Å². The van der Waals surface area contributed by atoms with E-state index in [0.29, 0.717) is 34.3 Å². The number of benzene rings is 2. The normalized spacial score (nSPS) is 11.7. The molecule has 0 unspecified atom stereocenters. The summed E-state index contributed by atoms with van der Waals surface area (Å²) in [6.45, 7) is 7.04. The van der Waals surface area contributed by atoms with E-state index in [1.807, 2.05) is 42.5 Å². The zero-order valence-electron chi connectivity index (χ0n) is 24.9. The number of rotatable bonds is 18. The van der Waals surface area contributed by atoms with Gasteiger partial charge in [-0.1, -0.05) is 49.0 Å². The zero-order valence-corrected chi connectivity index (χ0v) is 26.5. The van der Waals surface area contributed by atoms with E-state index in [4.69, 9.17) is 18.9 Å². The largest absolute Gasteiger partial charge is 0.497 e. The molecule has 0 aliphatic carbocycles. The number of ether oxygens (including phenoxy) is 4. The smallest absolute Gasteiger partial charge is 0.358 e. The van der Waals surface area contributed by atoms with Gasteiger partial charge in [0.15, 0.2) is 11.8 Å². The standard InChI is InChI=1S/C32H41N2O6S2/c1-6-27-29(32(36)39-7-2)33-28(41-27)22-34(19-11-14-24-12-9-8-10-13-24)31(35)30(40-23-38-20-21-42(4)5)25-15-17-26(37-3)18-16-25/h6,8-10,12-13,15-18,30H,1,7,11,14,19-23H2,2-5H3/q+1/t30-/m1/s1. The van der Waals surface area contributed by atoms with Crippen LogP contribution in [0.5, 0.6) is 5.75 Å². The van der Waals surface area contributed by atoms with Gasteiger partial charge in [0, 0.05) is 6.54 Å². The summed E-state index contributed by atoms with van der Waals surface area (Å²) in [6, 6.07) is 17.4. The number of aryl methyl sites for hydroxylation is 1. The van der Waals surface area contributed by atoms with Crippen LogP contribution < -0.4 is 4.74 Å². The zero-order chi connectivity index (χ0) is 30.3. The topological polar surface area (TPSA) is 87.2 Å². The van der Waals surface area contributed by atoms with Gasteiger partial charge in [-0.05, 0) is 60.0 Å². The summed E-state index contributed by atoms with van der Waals surface area (Å²) in [4.78, 5) is 33.6. The molecule has 2 aromatic carbocycles. The maximum Gasteiger partial charge on any atom is 0.358 e. The first-order valence-electron chi connectivity index (χ1n) is 13.9. The van der Waals surface area contributed by atoms with Crippen LogP contribution in [0.25, 0.3) is 6.08 Å². The van der Waals surface area contributed by atoms with Gasteiger partial charge >= 0.3 is 5.97 Å². The van der Waals surface area contributed by atoms with Gasteiger partial charge in [-0.25, -0.2) is 9.78 Å². The van der Waals surface area contributed by atoms with Crippen molar-refractivity contribution in [2.24, 2.45) is 0 Å². The molecule has 0 bridgehead atoms. The Hall–Kier alpha value is -3.18. The highest BCUT2D eigenvalue weighted by molar-refractivity contribution is 7.95. The summed E-state index contributed by atoms with van der Waals surface area (Å²) in [5.74, 6) is 0.894. The maximum absolute atomic E-state index is 14.2. The molecule has 0 N–H and O–H groups in total. The summed E-state index contributed by atoms with van der Waals surface area (Å²) in [7, 11) is 1.85. The monoisotopic (exact) mass is 613 g/mol. The van der Waals surface area contributed by atoms with Gasteiger partial charge in [0.1, 0.15) is 23.3 Å². The molecule has 0 aliphatic heterocycles. The molecule has 3 rings (SSSR count). The van der Waals surface area contributed by atoms with E-state index in [-0.39, 0.29) is 42.4 Å². The minimum atomic E-state index is -0.891. The maximum atomic E-state index is 14.2. The highest BCUT2D eigenvalue weighted by Gasteiger charge is 2.29. The van der Waals surface area contributed by atoms with E-state index in [9.17, 15) is 9.59 Å². The summed E-state index contributed by atoms with van der Waals surface area (Å²) in [5.41, 5.74) is 2.10. The predicted octanol–water partition coefficient (Wildman–Crippen LogP) is 5.54. The van der Waals surface area contributed by atoms with Crippen molar-refractivity contribution < 1.29 is 28.5 Å². The molecule has 42 heavy (non-hydrogen) atoms. The summed E-state index contributed by atoms with van der Waals surface area (Å²) in [6.07, 6.45) is 6.56. The highest BCUT2D eigenvalue weighted by atomic mass is 32.2. The Bertz CT molecular complexity index is 1260. The molecule has 0 aliphatic rings. The molecule has 10 heteroatoms. The number of nitrogens with zero attached hydrogens (tertiary/aromatic N) is 2. The van der Waals surface area contributed by atoms with Crippen LogP contribution in [0.2, 0.25) is 0 Å². The first-order chi connectivity index (χ1) is 20.4. The highest BCUT2D eigenvalue weighted by Crippen LogP contribution is 2.27. The van der Waals surface area contributed by atoms with Gasteiger partial charge in [-0.15, -0.1) is 11.3 Å². The third-order valence-corrected chi connectivity index (χ3v) is 8.34. The van der Waals surface area contributed by atoms with E-state index >= 15 is 0 Å². The fourth-order valence-corrected chi connectivity index (χ4v) is 5.51. The van der Waals surface area contributed by atoms with Crippen LogP contribution in [-0.4, -0.2) is 73.7 Å². The number of hydrogen-bond donors (Lipinski definition) is 0. The molecule has 1 atom stereocenters. The quantitative estimate of drug-likeness (QED) is 0.0806. The van der Waals surface area contributed by atoms with Crippen molar-refractivity contribution in [3.63, 3.8) is 0 Å². The SMILES string of the molecule is C=Cc1sc(CN(CCCc2ccccc2)C(=O)[C@H](OCOCC[S+](C)C)c2ccc(OC)cc2)nc1C(=O)OCC. The molecule has 0 spiro atoms. The van der Waals surface area contributed by atoms with Crippen molar-refractivity contribution >= 4 is 40.2 Å². The molecule has 1 amide bonds. The van der Waals surface area contributed by atoms with Crippen LogP contribution >= 0.6 is 11.3 Å². The molecule has 3 aromatic rings. The van der Waals surface area contributed by atoms with Crippen molar-refractivity contribution in [2.45, 2.75) is 32.4 Å². The lowest BCUT2D eigenvalue weighted by atomic mass is 10.1. The summed E-state index contributed by atoms with van der Waals surface area (Å²) >= 11 is 1.32. The Morgan fingerprint density at radius 1 is 1.12 bits per heavy atom. The lowest BCUT2D eigenvalue weighted by Gasteiger charge is -2.27. The van der Waals surface area contributed by atoms with Gasteiger partial charge in [0.2, 0.25) is 0 Å². The van der Waals surface area contributed by atoms with Gasteiger partial charge < -0.3 is 23.8 Å². The van der Waals surface area contributed by atoms with E-state index in [2.05, 4.69) is 36.2 Å². The average Bonchev–Trinajstić information content (AvgIpc) is 3.42. The Balaban J connectivity index is 1.86. The van der Waals surface area contributed by atoms with Crippen molar-refractivity contribution in [1.82, 2.24) is 9.88 Å². The molecule has 0 saturated heterocycles. The van der Waals surface area contributed by atoms with Crippen LogP contribution in [0.4, 0.5) is 0 Å². The second-order valence-corrected chi connectivity index (χ2v) is 13.1. The van der Waals surface area contributed by atoms with Gasteiger partial charge in [0.05, 0.1) is 44.3 Å². The molecule has 8 nitrogen and oxygen atoms in total. The molecule has 0 saturated carbocycles. The lowest BCUT2D eigenvalue weighted by molar-refractivity contribution is -0.155. The van der Waals surface area contributed by atoms with Crippen molar-refractivity contribution in [1.29, 1.82) is 0 Å². The van der Waals surface area contributed by atoms with Crippen molar-refractivity contribution in [3.8, 4) is 5.75 Å². The minimum absolute atomic E-state index is 0.0115. The van der Waals surface area contributed by atoms with Crippen LogP contribution in [0.15, 0.2) is 61.2 Å². The van der Waals surface area contributed by atoms with Gasteiger partial charge in [-0.2, -0.15) is 0 Å². The summed E-state index contributed by atoms with van der Waals surface area (Å²) < 4.78 is 22.3. The Kier molecular flexibility index (Phi) is 14.0. The third kappa shape index (κ3) is 10.3. The van der Waals surface area contributed by atoms with E-state index < -0.39 is 12.1 Å². The molecule has 0 fully saturated rings. The number of thiazole rings is 1. The lowest BCUT2D eigenvalue weighted by Crippen LogP contribution is -2.37. The second kappa shape index (κ2) is 17.7. The minimum Gasteiger partial charge on any atom is -0.497 e. The summed E-state index contributed by atoms with van der Waals surface area (Å²) in [5, 5.41) is 0.615. The Morgan fingerprint density at radius 2 is 1.86 bits per heavy atom. The van der Waals surface area contributed by atoms with E-state index in [0.717, 1.165) is 18.6 Å². The Morgan fingerprint density at radius 3 is 2.50 bits per heavy atom. The molecule has 226 valence electrons.